The van der Waals surface area contributed by atoms with Crippen molar-refractivity contribution < 1.29 is 15.3 Å². The molecule has 1 atom stereocenters. The van der Waals surface area contributed by atoms with E-state index in [0.717, 1.165) is 23.8 Å². The van der Waals surface area contributed by atoms with Crippen molar-refractivity contribution in [1.82, 2.24) is 0 Å². The number of hydrogen-bond donors (Lipinski definition) is 3. The minimum Gasteiger partial charge on any atom is -0.508 e. The maximum absolute atomic E-state index is 8.63. The predicted octanol–water partition coefficient (Wildman–Crippen LogP) is 10.6. The number of phenols is 2. The molecule has 6 aromatic rings. The topological polar surface area (TPSA) is 60.7 Å². The lowest BCUT2D eigenvalue weighted by Crippen LogP contribution is -2.25. The first-order valence-corrected chi connectivity index (χ1v) is 15.7. The second-order valence-corrected chi connectivity index (χ2v) is 11.4. The third-order valence-corrected chi connectivity index (χ3v) is 7.90. The highest BCUT2D eigenvalue weighted by Gasteiger charge is 2.31. The molecular weight excluding hydrogens is 576 g/mol. The molecule has 0 aliphatic carbocycles. The van der Waals surface area contributed by atoms with E-state index in [-0.39, 0.29) is 5.41 Å². The van der Waals surface area contributed by atoms with Gasteiger partial charge in [0.1, 0.15) is 11.5 Å². The van der Waals surface area contributed by atoms with Gasteiger partial charge in [0.15, 0.2) is 0 Å². The van der Waals surface area contributed by atoms with E-state index in [1.54, 1.807) is 48.5 Å². The third kappa shape index (κ3) is 10.3. The van der Waals surface area contributed by atoms with E-state index in [1.807, 2.05) is 18.2 Å². The lowest BCUT2D eigenvalue weighted by molar-refractivity contribution is 0.399. The van der Waals surface area contributed by atoms with Crippen LogP contribution in [0.15, 0.2) is 176 Å². The molecule has 3 nitrogen and oxygen atoms in total. The Hall–Kier alpha value is -5.38. The fourth-order valence-electron chi connectivity index (χ4n) is 5.16. The van der Waals surface area contributed by atoms with Gasteiger partial charge in [-0.3, -0.25) is 0 Å². The molecule has 0 radical (unpaired) electrons. The number of hydrogen-bond acceptors (Lipinski definition) is 3. The van der Waals surface area contributed by atoms with Gasteiger partial charge in [0.25, 0.3) is 0 Å². The zero-order chi connectivity index (χ0) is 34.1. The summed E-state index contributed by atoms with van der Waals surface area (Å²) in [6.07, 6.45) is 0. The monoisotopic (exact) mass is 622 g/mol. The standard InChI is InChI=1S/C31H30.2C6H6O.CH4O/c1-23(2)26-15-11-19-29(21-26)31(4,28-17-9-6-10-18-28)30-20-12-16-27(22-30)24(3)25-13-7-5-8-14-25;2*7-6-4-2-1-3-5-6;1-2/h5-23H,3H2,1-2,4H3;2*1-5,7H;2H,1H3. The Balaban J connectivity index is 0.000000306. The van der Waals surface area contributed by atoms with Gasteiger partial charge < -0.3 is 15.3 Å². The molecule has 0 saturated heterocycles. The molecule has 1 unspecified atom stereocenters. The van der Waals surface area contributed by atoms with Crippen molar-refractivity contribution in [3.63, 3.8) is 0 Å². The quantitative estimate of drug-likeness (QED) is 0.162. The molecule has 6 aromatic carbocycles. The third-order valence-electron chi connectivity index (χ3n) is 7.90. The molecule has 0 aromatic heterocycles. The molecular formula is C44H46O3. The van der Waals surface area contributed by atoms with Crippen molar-refractivity contribution >= 4 is 5.57 Å². The second kappa shape index (κ2) is 18.6. The van der Waals surface area contributed by atoms with Crippen LogP contribution < -0.4 is 0 Å². The van der Waals surface area contributed by atoms with E-state index in [1.165, 1.54) is 22.3 Å². The molecule has 0 saturated carbocycles. The van der Waals surface area contributed by atoms with Crippen LogP contribution in [0.1, 0.15) is 60.1 Å². The van der Waals surface area contributed by atoms with Crippen molar-refractivity contribution in [2.45, 2.75) is 32.1 Å². The van der Waals surface area contributed by atoms with Gasteiger partial charge >= 0.3 is 0 Å². The summed E-state index contributed by atoms with van der Waals surface area (Å²) in [5, 5.41) is 24.3. The van der Waals surface area contributed by atoms with Crippen LogP contribution in [-0.2, 0) is 5.41 Å². The zero-order valence-corrected chi connectivity index (χ0v) is 27.8. The molecule has 0 heterocycles. The molecule has 3 heteroatoms. The predicted molar refractivity (Wildman–Crippen MR) is 198 cm³/mol. The van der Waals surface area contributed by atoms with Crippen molar-refractivity contribution in [2.24, 2.45) is 0 Å². The van der Waals surface area contributed by atoms with Crippen LogP contribution in [0.3, 0.4) is 0 Å². The minimum atomic E-state index is -0.265. The summed E-state index contributed by atoms with van der Waals surface area (Å²) in [5.41, 5.74) is 8.34. The Morgan fingerprint density at radius 3 is 1.32 bits per heavy atom. The Morgan fingerprint density at radius 1 is 0.489 bits per heavy atom. The highest BCUT2D eigenvalue weighted by atomic mass is 16.3. The van der Waals surface area contributed by atoms with Gasteiger partial charge in [-0.2, -0.15) is 0 Å². The largest absolute Gasteiger partial charge is 0.508 e. The van der Waals surface area contributed by atoms with Crippen LogP contribution in [0.25, 0.3) is 5.57 Å². The smallest absolute Gasteiger partial charge is 0.115 e. The van der Waals surface area contributed by atoms with Gasteiger partial charge in [-0.25, -0.2) is 0 Å². The van der Waals surface area contributed by atoms with E-state index in [4.69, 9.17) is 15.3 Å². The number of aromatic hydroxyl groups is 2. The van der Waals surface area contributed by atoms with Crippen LogP contribution in [-0.4, -0.2) is 22.4 Å². The van der Waals surface area contributed by atoms with Crippen LogP contribution in [0.2, 0.25) is 0 Å². The van der Waals surface area contributed by atoms with Gasteiger partial charge in [-0.05, 0) is 82.1 Å². The Labute approximate surface area is 280 Å². The van der Waals surface area contributed by atoms with E-state index in [0.29, 0.717) is 17.4 Å². The molecule has 0 bridgehead atoms. The normalized spacial score (nSPS) is 11.3. The van der Waals surface area contributed by atoms with Crippen LogP contribution >= 0.6 is 0 Å². The number of aliphatic hydroxyl groups is 1. The molecule has 47 heavy (non-hydrogen) atoms. The molecule has 0 amide bonds. The van der Waals surface area contributed by atoms with Crippen molar-refractivity contribution in [3.05, 3.63) is 210 Å². The summed E-state index contributed by atoms with van der Waals surface area (Å²) in [7, 11) is 1.00. The first-order valence-electron chi connectivity index (χ1n) is 15.7. The Bertz CT molecular complexity index is 1710. The Kier molecular flexibility index (Phi) is 14.2. The lowest BCUT2D eigenvalue weighted by Gasteiger charge is -2.33. The molecule has 6 rings (SSSR count). The van der Waals surface area contributed by atoms with E-state index < -0.39 is 0 Å². The second-order valence-electron chi connectivity index (χ2n) is 11.4. The number of aliphatic hydroxyl groups excluding tert-OH is 1. The van der Waals surface area contributed by atoms with Crippen molar-refractivity contribution in [3.8, 4) is 11.5 Å². The Morgan fingerprint density at radius 2 is 0.872 bits per heavy atom. The van der Waals surface area contributed by atoms with E-state index >= 15 is 0 Å². The van der Waals surface area contributed by atoms with E-state index in [2.05, 4.69) is 130 Å². The SMILES string of the molecule is C=C(c1ccccc1)c1cccc(C(C)(c2ccccc2)c2cccc(C(C)C)c2)c1.CO.Oc1ccccc1.Oc1ccccc1. The summed E-state index contributed by atoms with van der Waals surface area (Å²) in [6, 6.07) is 56.6. The molecule has 0 aliphatic rings. The van der Waals surface area contributed by atoms with Crippen molar-refractivity contribution in [2.75, 3.05) is 7.11 Å². The maximum Gasteiger partial charge on any atom is 0.115 e. The first kappa shape index (κ1) is 36.1. The van der Waals surface area contributed by atoms with Gasteiger partial charge in [0.2, 0.25) is 0 Å². The molecule has 0 spiro atoms. The summed E-state index contributed by atoms with van der Waals surface area (Å²) < 4.78 is 0. The molecule has 0 fully saturated rings. The zero-order valence-electron chi connectivity index (χ0n) is 27.8. The number of phenolic OH excluding ortho intramolecular Hbond substituents is 2. The molecule has 0 aliphatic heterocycles. The maximum atomic E-state index is 8.63. The van der Waals surface area contributed by atoms with Crippen LogP contribution in [0.4, 0.5) is 0 Å². The number of rotatable bonds is 6. The van der Waals surface area contributed by atoms with Gasteiger partial charge in [-0.1, -0.05) is 160 Å². The average Bonchev–Trinajstić information content (AvgIpc) is 3.14. The molecule has 3 N–H and O–H groups in total. The minimum absolute atomic E-state index is 0.265. The van der Waals surface area contributed by atoms with Gasteiger partial charge in [0, 0.05) is 12.5 Å². The number of benzene rings is 6. The van der Waals surface area contributed by atoms with Gasteiger partial charge in [0.05, 0.1) is 0 Å². The number of para-hydroxylation sites is 2. The van der Waals surface area contributed by atoms with Gasteiger partial charge in [-0.15, -0.1) is 0 Å². The summed E-state index contributed by atoms with van der Waals surface area (Å²) >= 11 is 0. The highest BCUT2D eigenvalue weighted by molar-refractivity contribution is 5.78. The summed E-state index contributed by atoms with van der Waals surface area (Å²) in [5.74, 6) is 1.13. The molecule has 240 valence electrons. The fraction of sp³-hybridized carbons (Fsp3) is 0.136. The summed E-state index contributed by atoms with van der Waals surface area (Å²) in [6.45, 7) is 11.2. The van der Waals surface area contributed by atoms with Crippen LogP contribution in [0.5, 0.6) is 11.5 Å². The highest BCUT2D eigenvalue weighted by Crippen LogP contribution is 2.40. The summed E-state index contributed by atoms with van der Waals surface area (Å²) in [4.78, 5) is 0. The fourth-order valence-corrected chi connectivity index (χ4v) is 5.16. The lowest BCUT2D eigenvalue weighted by atomic mass is 9.70. The van der Waals surface area contributed by atoms with Crippen LogP contribution in [0, 0.1) is 0 Å². The van der Waals surface area contributed by atoms with E-state index in [9.17, 15) is 0 Å². The average molecular weight is 623 g/mol. The van der Waals surface area contributed by atoms with Crippen molar-refractivity contribution in [1.29, 1.82) is 0 Å². The first-order chi connectivity index (χ1) is 22.8.